The predicted octanol–water partition coefficient (Wildman–Crippen LogP) is 2.27. The van der Waals surface area contributed by atoms with Crippen molar-refractivity contribution < 1.29 is 4.74 Å². The van der Waals surface area contributed by atoms with E-state index >= 15 is 0 Å². The Morgan fingerprint density at radius 3 is 1.86 bits per heavy atom. The number of halogens is 2. The lowest BCUT2D eigenvalue weighted by atomic mass is 9.60. The number of hydrogen-bond donors (Lipinski definition) is 0. The van der Waals surface area contributed by atoms with Crippen LogP contribution in [0.1, 0.15) is 6.42 Å². The van der Waals surface area contributed by atoms with Crippen LogP contribution in [0.5, 0.6) is 0 Å². The average molecular weight is 229 g/mol. The minimum Gasteiger partial charge on any atom is -0.337 e. The zero-order valence-corrected chi connectivity index (χ0v) is 9.00. The molecule has 4 bridgehead atoms. The van der Waals surface area contributed by atoms with Crippen LogP contribution < -0.4 is 0 Å². The van der Waals surface area contributed by atoms with Gasteiger partial charge in [-0.05, 0) is 30.1 Å². The Bertz CT molecular complexity index is 372. The van der Waals surface area contributed by atoms with E-state index in [1.807, 2.05) is 0 Å². The highest BCUT2D eigenvalue weighted by Gasteiger charge is 2.97. The first-order valence-electron chi connectivity index (χ1n) is 5.76. The van der Waals surface area contributed by atoms with Gasteiger partial charge in [0.15, 0.2) is 10.1 Å². The molecule has 5 aliphatic carbocycles. The fourth-order valence-corrected chi connectivity index (χ4v) is 8.35. The highest BCUT2D eigenvalue weighted by molar-refractivity contribution is 6.29. The van der Waals surface area contributed by atoms with Gasteiger partial charge >= 0.3 is 0 Å². The molecule has 1 nitrogen and oxygen atoms in total. The van der Waals surface area contributed by atoms with Crippen molar-refractivity contribution in [1.82, 2.24) is 0 Å². The highest BCUT2D eigenvalue weighted by Crippen LogP contribution is 2.94. The van der Waals surface area contributed by atoms with E-state index in [2.05, 4.69) is 0 Å². The summed E-state index contributed by atoms with van der Waals surface area (Å²) < 4.78 is 6.07. The first-order valence-corrected chi connectivity index (χ1v) is 6.51. The van der Waals surface area contributed by atoms with E-state index in [-0.39, 0.29) is 10.1 Å². The number of alkyl halides is 2. The zero-order chi connectivity index (χ0) is 9.03. The first kappa shape index (κ1) is 6.98. The van der Waals surface area contributed by atoms with E-state index in [4.69, 9.17) is 27.9 Å². The maximum Gasteiger partial charge on any atom is 0.151 e. The lowest BCUT2D eigenvalue weighted by Crippen LogP contribution is -2.48. The third kappa shape index (κ3) is 0.336. The Balaban J connectivity index is 1.83. The molecule has 0 aromatic carbocycles. The van der Waals surface area contributed by atoms with E-state index in [9.17, 15) is 0 Å². The molecule has 0 aromatic rings. The van der Waals surface area contributed by atoms with Gasteiger partial charge in [-0.3, -0.25) is 0 Å². The van der Waals surface area contributed by atoms with E-state index < -0.39 is 0 Å². The summed E-state index contributed by atoms with van der Waals surface area (Å²) in [7, 11) is 0. The molecule has 0 spiro atoms. The van der Waals surface area contributed by atoms with Crippen LogP contribution in [0.15, 0.2) is 0 Å². The fourth-order valence-electron chi connectivity index (χ4n) is 6.89. The Morgan fingerprint density at radius 1 is 0.857 bits per heavy atom. The lowest BCUT2D eigenvalue weighted by Gasteiger charge is -2.45. The zero-order valence-electron chi connectivity index (χ0n) is 7.49. The second-order valence-corrected chi connectivity index (χ2v) is 7.50. The number of hydrogen-bond acceptors (Lipinski definition) is 1. The molecule has 2 heterocycles. The molecule has 0 aromatic heterocycles. The quantitative estimate of drug-likeness (QED) is 0.579. The van der Waals surface area contributed by atoms with Gasteiger partial charge in [-0.2, -0.15) is 0 Å². The van der Waals surface area contributed by atoms with E-state index in [1.54, 1.807) is 0 Å². The van der Waals surface area contributed by atoms with Crippen molar-refractivity contribution in [3.63, 3.8) is 0 Å². The molecule has 2 saturated heterocycles. The standard InChI is InChI=1S/C11H10Cl2O/c12-10-6-2-1-3-5-4(2)8(10)9(5)11(13,14-10)7(3)6/h2-9H,1H2/t2-,3+,4+,5-,6-,7-,8-,9+,10-,11-/m1/s1. The van der Waals surface area contributed by atoms with Crippen LogP contribution in [0.2, 0.25) is 0 Å². The van der Waals surface area contributed by atoms with E-state index in [0.29, 0.717) is 23.7 Å². The second kappa shape index (κ2) is 1.43. The minimum absolute atomic E-state index is 0.311. The monoisotopic (exact) mass is 228 g/mol. The van der Waals surface area contributed by atoms with Gasteiger partial charge in [-0.15, -0.1) is 0 Å². The average Bonchev–Trinajstić information content (AvgIpc) is 2.60. The number of ether oxygens (including phenoxy) is 1. The minimum atomic E-state index is -0.311. The van der Waals surface area contributed by atoms with Crippen molar-refractivity contribution in [2.75, 3.05) is 0 Å². The summed E-state index contributed by atoms with van der Waals surface area (Å²) in [6, 6.07) is 0. The van der Waals surface area contributed by atoms with Crippen molar-refractivity contribution in [1.29, 1.82) is 0 Å². The Hall–Kier alpha value is 0.540. The molecule has 7 rings (SSSR count). The predicted molar refractivity (Wildman–Crippen MR) is 50.8 cm³/mol. The number of rotatable bonds is 0. The van der Waals surface area contributed by atoms with Crippen molar-refractivity contribution in [3.8, 4) is 0 Å². The van der Waals surface area contributed by atoms with Gasteiger partial charge in [0.2, 0.25) is 0 Å². The molecular weight excluding hydrogens is 219 g/mol. The summed E-state index contributed by atoms with van der Waals surface area (Å²) in [6.07, 6.45) is 1.42. The summed E-state index contributed by atoms with van der Waals surface area (Å²) in [5.74, 6) is 6.09. The molecule has 5 saturated carbocycles. The van der Waals surface area contributed by atoms with Crippen LogP contribution in [0.3, 0.4) is 0 Å². The van der Waals surface area contributed by atoms with Crippen LogP contribution in [0.25, 0.3) is 0 Å². The van der Waals surface area contributed by atoms with Crippen molar-refractivity contribution >= 4 is 23.2 Å². The van der Waals surface area contributed by atoms with Crippen molar-refractivity contribution in [2.24, 2.45) is 47.3 Å². The normalized spacial score (nSPS) is 93.0. The van der Waals surface area contributed by atoms with Crippen molar-refractivity contribution in [3.05, 3.63) is 0 Å². The van der Waals surface area contributed by atoms with Crippen LogP contribution in [0.4, 0.5) is 0 Å². The van der Waals surface area contributed by atoms with Crippen LogP contribution in [0, 0.1) is 47.3 Å². The van der Waals surface area contributed by atoms with Crippen LogP contribution in [-0.4, -0.2) is 10.1 Å². The van der Waals surface area contributed by atoms with Crippen molar-refractivity contribution in [2.45, 2.75) is 16.5 Å². The third-order valence-electron chi connectivity index (χ3n) is 6.63. The SMILES string of the molecule is Cl[C@]12O[C@]3(Cl)[C@@H]4[C@H]5C[C@H]([C@H]6[C@@H]5[C@H]3[C@@H]61)[C@H]42. The Kier molecular flexibility index (Phi) is 0.715. The molecule has 0 radical (unpaired) electrons. The smallest absolute Gasteiger partial charge is 0.151 e. The van der Waals surface area contributed by atoms with Crippen LogP contribution >= 0.6 is 23.2 Å². The Morgan fingerprint density at radius 2 is 1.36 bits per heavy atom. The molecule has 74 valence electrons. The molecule has 2 aliphatic heterocycles. The summed E-state index contributed by atoms with van der Waals surface area (Å²) in [6.45, 7) is 0. The van der Waals surface area contributed by atoms with Gasteiger partial charge in [-0.25, -0.2) is 0 Å². The lowest BCUT2D eigenvalue weighted by molar-refractivity contribution is 0.0237. The first-order chi connectivity index (χ1) is 6.68. The Labute approximate surface area is 92.1 Å². The maximum atomic E-state index is 6.71. The topological polar surface area (TPSA) is 9.23 Å². The molecule has 0 N–H and O–H groups in total. The molecular formula is C11H10Cl2O. The van der Waals surface area contributed by atoms with Gasteiger partial charge in [-0.1, -0.05) is 23.2 Å². The molecule has 0 amide bonds. The van der Waals surface area contributed by atoms with Gasteiger partial charge in [0.25, 0.3) is 0 Å². The molecule has 0 unspecified atom stereocenters. The summed E-state index contributed by atoms with van der Waals surface area (Å²) >= 11 is 13.4. The second-order valence-electron chi connectivity index (χ2n) is 6.32. The third-order valence-corrected chi connectivity index (χ3v) is 7.80. The van der Waals surface area contributed by atoms with Gasteiger partial charge < -0.3 is 4.74 Å². The molecule has 14 heavy (non-hydrogen) atoms. The van der Waals surface area contributed by atoms with Gasteiger partial charge in [0.05, 0.1) is 0 Å². The highest BCUT2D eigenvalue weighted by atomic mass is 35.5. The molecule has 10 atom stereocenters. The van der Waals surface area contributed by atoms with Gasteiger partial charge in [0, 0.05) is 23.7 Å². The molecule has 3 heteroatoms. The van der Waals surface area contributed by atoms with Crippen LogP contribution in [-0.2, 0) is 4.74 Å². The summed E-state index contributed by atoms with van der Waals surface area (Å²) in [5.41, 5.74) is 0. The van der Waals surface area contributed by atoms with E-state index in [0.717, 1.165) is 23.7 Å². The summed E-state index contributed by atoms with van der Waals surface area (Å²) in [4.78, 5) is 0. The van der Waals surface area contributed by atoms with E-state index in [1.165, 1.54) is 6.42 Å². The fraction of sp³-hybridized carbons (Fsp3) is 1.00. The largest absolute Gasteiger partial charge is 0.337 e. The molecule has 7 aliphatic rings. The van der Waals surface area contributed by atoms with Gasteiger partial charge in [0.1, 0.15) is 0 Å². The maximum absolute atomic E-state index is 6.71. The summed E-state index contributed by atoms with van der Waals surface area (Å²) in [5, 5.41) is -0.623. The molecule has 7 fully saturated rings.